The van der Waals surface area contributed by atoms with Crippen LogP contribution in [0.1, 0.15) is 42.3 Å². The molecule has 0 saturated carbocycles. The number of anilines is 1. The lowest BCUT2D eigenvalue weighted by atomic mass is 9.88. The number of nitrogens with one attached hydrogen (secondary N) is 1. The topological polar surface area (TPSA) is 44.7 Å². The number of hydrogen-bond donors (Lipinski definition) is 1. The maximum Gasteiger partial charge on any atom is 0.271 e. The fourth-order valence-corrected chi connectivity index (χ4v) is 3.75. The molecular formula is C21H21BrClN3O. The number of amides is 1. The Morgan fingerprint density at radius 2 is 2.04 bits per heavy atom. The molecule has 0 radical (unpaired) electrons. The van der Waals surface area contributed by atoms with Crippen LogP contribution in [-0.2, 0) is 0 Å². The van der Waals surface area contributed by atoms with Gasteiger partial charge in [-0.1, -0.05) is 39.7 Å². The van der Waals surface area contributed by atoms with Gasteiger partial charge in [-0.2, -0.15) is 5.10 Å². The lowest BCUT2D eigenvalue weighted by molar-refractivity contribution is 0.0955. The highest BCUT2D eigenvalue weighted by atomic mass is 79.9. The predicted octanol–water partition coefficient (Wildman–Crippen LogP) is 5.50. The molecule has 27 heavy (non-hydrogen) atoms. The molecule has 2 aromatic carbocycles. The Labute approximate surface area is 173 Å². The van der Waals surface area contributed by atoms with Gasteiger partial charge in [0, 0.05) is 33.9 Å². The fraction of sp³-hybridized carbons (Fsp3) is 0.238. The molecule has 1 aliphatic heterocycles. The summed E-state index contributed by atoms with van der Waals surface area (Å²) in [6.07, 6.45) is 3.81. The zero-order valence-electron chi connectivity index (χ0n) is 15.7. The van der Waals surface area contributed by atoms with Gasteiger partial charge < -0.3 is 4.90 Å². The Balaban J connectivity index is 1.83. The molecule has 2 aromatic rings. The Kier molecular flexibility index (Phi) is 5.45. The first-order valence-electron chi connectivity index (χ1n) is 8.55. The van der Waals surface area contributed by atoms with Gasteiger partial charge in [-0.05, 0) is 56.7 Å². The quantitative estimate of drug-likeness (QED) is 0.500. The molecule has 1 N–H and O–H groups in total. The van der Waals surface area contributed by atoms with Crippen molar-refractivity contribution in [2.75, 3.05) is 11.9 Å². The third-order valence-electron chi connectivity index (χ3n) is 4.79. The summed E-state index contributed by atoms with van der Waals surface area (Å²) >= 11 is 9.82. The van der Waals surface area contributed by atoms with E-state index in [2.05, 4.69) is 65.3 Å². The molecule has 0 atom stereocenters. The van der Waals surface area contributed by atoms with Crippen LogP contribution in [0.5, 0.6) is 0 Å². The van der Waals surface area contributed by atoms with E-state index in [0.717, 1.165) is 21.3 Å². The molecule has 0 spiro atoms. The molecule has 0 unspecified atom stereocenters. The number of hydrogen-bond acceptors (Lipinski definition) is 3. The maximum absolute atomic E-state index is 12.2. The summed E-state index contributed by atoms with van der Waals surface area (Å²) in [5.74, 6) is -0.279. The highest BCUT2D eigenvalue weighted by Crippen LogP contribution is 2.40. The molecule has 0 aromatic heterocycles. The second-order valence-corrected chi connectivity index (χ2v) is 8.46. The molecule has 6 heteroatoms. The highest BCUT2D eigenvalue weighted by molar-refractivity contribution is 9.10. The Morgan fingerprint density at radius 3 is 2.74 bits per heavy atom. The average molecular weight is 447 g/mol. The van der Waals surface area contributed by atoms with Crippen LogP contribution in [0.3, 0.4) is 0 Å². The van der Waals surface area contributed by atoms with E-state index in [1.807, 2.05) is 18.2 Å². The van der Waals surface area contributed by atoms with Gasteiger partial charge in [0.05, 0.1) is 16.8 Å². The summed E-state index contributed by atoms with van der Waals surface area (Å²) in [5.41, 5.74) is 7.14. The summed E-state index contributed by atoms with van der Waals surface area (Å²) in [4.78, 5) is 14.4. The molecule has 140 valence electrons. The van der Waals surface area contributed by atoms with Gasteiger partial charge >= 0.3 is 0 Å². The monoisotopic (exact) mass is 445 g/mol. The van der Waals surface area contributed by atoms with Crippen molar-refractivity contribution in [3.05, 3.63) is 68.7 Å². The van der Waals surface area contributed by atoms with E-state index in [1.165, 1.54) is 5.57 Å². The van der Waals surface area contributed by atoms with Crippen LogP contribution >= 0.6 is 27.5 Å². The number of nitrogens with zero attached hydrogens (tertiary/aromatic N) is 2. The van der Waals surface area contributed by atoms with Crippen molar-refractivity contribution in [2.24, 2.45) is 5.10 Å². The summed E-state index contributed by atoms with van der Waals surface area (Å²) < 4.78 is 0.839. The van der Waals surface area contributed by atoms with Crippen molar-refractivity contribution in [2.45, 2.75) is 26.3 Å². The van der Waals surface area contributed by atoms with Crippen LogP contribution in [-0.4, -0.2) is 24.7 Å². The van der Waals surface area contributed by atoms with Crippen molar-refractivity contribution >= 4 is 50.9 Å². The van der Waals surface area contributed by atoms with E-state index in [4.69, 9.17) is 11.6 Å². The van der Waals surface area contributed by atoms with Crippen LogP contribution in [0.15, 0.2) is 52.0 Å². The fourth-order valence-electron chi connectivity index (χ4n) is 3.14. The third-order valence-corrected chi connectivity index (χ3v) is 5.61. The Hall–Kier alpha value is -2.11. The molecule has 0 fully saturated rings. The van der Waals surface area contributed by atoms with Crippen molar-refractivity contribution in [1.29, 1.82) is 0 Å². The van der Waals surface area contributed by atoms with Gasteiger partial charge in [-0.15, -0.1) is 0 Å². The second-order valence-electron chi connectivity index (χ2n) is 7.14. The molecule has 1 amide bonds. The first-order chi connectivity index (χ1) is 12.7. The van der Waals surface area contributed by atoms with Crippen molar-refractivity contribution in [1.82, 2.24) is 5.43 Å². The van der Waals surface area contributed by atoms with Crippen LogP contribution in [0, 0.1) is 0 Å². The second kappa shape index (κ2) is 7.49. The average Bonchev–Trinajstić information content (AvgIpc) is 2.60. The first kappa shape index (κ1) is 19.6. The van der Waals surface area contributed by atoms with Crippen molar-refractivity contribution < 1.29 is 4.79 Å². The van der Waals surface area contributed by atoms with Gasteiger partial charge in [-0.3, -0.25) is 4.79 Å². The first-order valence-corrected chi connectivity index (χ1v) is 9.72. The van der Waals surface area contributed by atoms with E-state index < -0.39 is 0 Å². The minimum absolute atomic E-state index is 0.0754. The number of benzene rings is 2. The third kappa shape index (κ3) is 4.09. The van der Waals surface area contributed by atoms with Crippen molar-refractivity contribution in [3.63, 3.8) is 0 Å². The van der Waals surface area contributed by atoms with Gasteiger partial charge in [-0.25, -0.2) is 5.43 Å². The smallest absolute Gasteiger partial charge is 0.271 e. The number of hydrazone groups is 1. The zero-order chi connectivity index (χ0) is 19.8. The van der Waals surface area contributed by atoms with Crippen LogP contribution in [0.25, 0.3) is 5.57 Å². The van der Waals surface area contributed by atoms with Gasteiger partial charge in [0.1, 0.15) is 0 Å². The number of fused-ring (bicyclic) bond motifs is 1. The Morgan fingerprint density at radius 1 is 1.30 bits per heavy atom. The number of likely N-dealkylation sites (N-methyl/N-ethyl adjacent to an activating group) is 1. The predicted molar refractivity (Wildman–Crippen MR) is 117 cm³/mol. The van der Waals surface area contributed by atoms with E-state index in [-0.39, 0.29) is 11.4 Å². The zero-order valence-corrected chi connectivity index (χ0v) is 18.0. The molecule has 0 bridgehead atoms. The molecular weight excluding hydrogens is 426 g/mol. The number of carbonyl (C=O) groups is 1. The molecule has 4 nitrogen and oxygen atoms in total. The van der Waals surface area contributed by atoms with Crippen molar-refractivity contribution in [3.8, 4) is 0 Å². The summed E-state index contributed by atoms with van der Waals surface area (Å²) in [5, 5.41) is 4.66. The minimum atomic E-state index is -0.279. The van der Waals surface area contributed by atoms with E-state index >= 15 is 0 Å². The number of carbonyl (C=O) groups excluding carboxylic acids is 1. The number of halogens is 2. The molecule has 0 saturated heterocycles. The largest absolute Gasteiger partial charge is 0.365 e. The molecule has 0 aliphatic carbocycles. The van der Waals surface area contributed by atoms with Crippen LogP contribution in [0.2, 0.25) is 5.02 Å². The normalized spacial score (nSPS) is 15.5. The Bertz CT molecular complexity index is 966. The lowest BCUT2D eigenvalue weighted by Crippen LogP contribution is -2.42. The summed E-state index contributed by atoms with van der Waals surface area (Å²) in [6.45, 7) is 6.43. The standard InChI is InChI=1S/C21H21BrClN3O/c1-13-11-21(2,3)26(4)19-10-18(23)15(9-17(13)19)12-24-25-20(27)14-6-5-7-16(22)8-14/h5-12H,1-4H3,(H,25,27)/b24-12+. The maximum atomic E-state index is 12.2. The van der Waals surface area contributed by atoms with E-state index in [1.54, 1.807) is 24.4 Å². The van der Waals surface area contributed by atoms with Gasteiger partial charge in [0.2, 0.25) is 0 Å². The molecule has 1 aliphatic rings. The van der Waals surface area contributed by atoms with Gasteiger partial charge in [0.15, 0.2) is 0 Å². The van der Waals surface area contributed by atoms with Crippen LogP contribution in [0.4, 0.5) is 5.69 Å². The lowest BCUT2D eigenvalue weighted by Gasteiger charge is -2.40. The van der Waals surface area contributed by atoms with E-state index in [9.17, 15) is 4.79 Å². The van der Waals surface area contributed by atoms with Crippen LogP contribution < -0.4 is 10.3 Å². The SMILES string of the molecule is CC1=CC(C)(C)N(C)c2cc(Cl)c(/C=N/NC(=O)c3cccc(Br)c3)cc21. The number of rotatable bonds is 3. The molecule has 3 rings (SSSR count). The van der Waals surface area contributed by atoms with E-state index in [0.29, 0.717) is 10.6 Å². The summed E-state index contributed by atoms with van der Waals surface area (Å²) in [7, 11) is 2.06. The minimum Gasteiger partial charge on any atom is -0.365 e. The highest BCUT2D eigenvalue weighted by Gasteiger charge is 2.29. The summed E-state index contributed by atoms with van der Waals surface area (Å²) in [6, 6.07) is 11.1. The van der Waals surface area contributed by atoms with Gasteiger partial charge in [0.25, 0.3) is 5.91 Å². The molecule has 1 heterocycles. The number of allylic oxidation sites excluding steroid dienone is 1.